The smallest absolute Gasteiger partial charge is 0.224 e. The van der Waals surface area contributed by atoms with Crippen LogP contribution in [0.25, 0.3) is 0 Å². The number of nitrogens with one attached hydrogen (secondary N) is 1. The second-order valence-electron chi connectivity index (χ2n) is 4.14. The van der Waals surface area contributed by atoms with Crippen LogP contribution in [0.4, 0.5) is 0 Å². The van der Waals surface area contributed by atoms with Crippen molar-refractivity contribution in [3.8, 4) is 0 Å². The van der Waals surface area contributed by atoms with Gasteiger partial charge in [0.25, 0.3) is 0 Å². The summed E-state index contributed by atoms with van der Waals surface area (Å²) in [5, 5.41) is 2.87. The van der Waals surface area contributed by atoms with Crippen LogP contribution in [0, 0.1) is 0 Å². The van der Waals surface area contributed by atoms with Gasteiger partial charge >= 0.3 is 0 Å². The summed E-state index contributed by atoms with van der Waals surface area (Å²) in [6.45, 7) is 5.06. The summed E-state index contributed by atoms with van der Waals surface area (Å²) >= 11 is 0. The van der Waals surface area contributed by atoms with Crippen molar-refractivity contribution in [3.05, 3.63) is 34.9 Å². The average molecular weight is 189 g/mol. The molecule has 1 aliphatic rings. The third kappa shape index (κ3) is 1.65. The minimum Gasteiger partial charge on any atom is -0.352 e. The normalized spacial score (nSPS) is 15.2. The van der Waals surface area contributed by atoms with Crippen molar-refractivity contribution in [2.24, 2.45) is 0 Å². The van der Waals surface area contributed by atoms with E-state index in [4.69, 9.17) is 0 Å². The molecule has 1 aromatic carbocycles. The fourth-order valence-electron chi connectivity index (χ4n) is 1.77. The van der Waals surface area contributed by atoms with Gasteiger partial charge in [0.15, 0.2) is 0 Å². The molecular formula is C12H15NO. The van der Waals surface area contributed by atoms with Crippen LogP contribution in [0.3, 0.4) is 0 Å². The monoisotopic (exact) mass is 189 g/mol. The molecule has 0 aliphatic carbocycles. The average Bonchev–Trinajstić information content (AvgIpc) is 2.16. The van der Waals surface area contributed by atoms with E-state index in [1.165, 1.54) is 16.7 Å². The standard InChI is InChI=1S/C12H15NO/c1-8(2)9-3-4-10-6-12(14)13-7-11(10)5-9/h3-5,8H,6-7H2,1-2H3,(H,13,14). The van der Waals surface area contributed by atoms with E-state index in [0.717, 1.165) is 0 Å². The highest BCUT2D eigenvalue weighted by atomic mass is 16.1. The van der Waals surface area contributed by atoms with Crippen LogP contribution in [-0.2, 0) is 17.8 Å². The van der Waals surface area contributed by atoms with E-state index in [1.807, 2.05) is 0 Å². The number of hydrogen-bond donors (Lipinski definition) is 1. The zero-order chi connectivity index (χ0) is 10.1. The number of hydrogen-bond acceptors (Lipinski definition) is 1. The third-order valence-corrected chi connectivity index (χ3v) is 2.72. The Kier molecular flexibility index (Phi) is 2.28. The van der Waals surface area contributed by atoms with E-state index < -0.39 is 0 Å². The largest absolute Gasteiger partial charge is 0.352 e. The van der Waals surface area contributed by atoms with Crippen molar-refractivity contribution < 1.29 is 4.79 Å². The highest BCUT2D eigenvalue weighted by molar-refractivity contribution is 5.80. The van der Waals surface area contributed by atoms with Crippen LogP contribution >= 0.6 is 0 Å². The lowest BCUT2D eigenvalue weighted by atomic mass is 9.94. The fraction of sp³-hybridized carbons (Fsp3) is 0.417. The molecule has 0 radical (unpaired) electrons. The molecule has 0 saturated heterocycles. The van der Waals surface area contributed by atoms with Crippen LogP contribution in [0.1, 0.15) is 36.5 Å². The Balaban J connectivity index is 2.36. The Labute approximate surface area is 84.3 Å². The molecule has 0 aromatic heterocycles. The lowest BCUT2D eigenvalue weighted by molar-refractivity contribution is -0.121. The number of rotatable bonds is 1. The number of amides is 1. The van der Waals surface area contributed by atoms with Gasteiger partial charge in [0.1, 0.15) is 0 Å². The molecule has 1 N–H and O–H groups in total. The molecule has 1 heterocycles. The zero-order valence-electron chi connectivity index (χ0n) is 8.63. The van der Waals surface area contributed by atoms with E-state index in [-0.39, 0.29) is 5.91 Å². The molecule has 0 saturated carbocycles. The molecule has 0 bridgehead atoms. The van der Waals surface area contributed by atoms with Gasteiger partial charge in [-0.05, 0) is 22.6 Å². The zero-order valence-corrected chi connectivity index (χ0v) is 8.63. The summed E-state index contributed by atoms with van der Waals surface area (Å²) in [6.07, 6.45) is 0.535. The molecule has 2 heteroatoms. The molecule has 74 valence electrons. The number of fused-ring (bicyclic) bond motifs is 1. The fourth-order valence-corrected chi connectivity index (χ4v) is 1.77. The molecule has 2 nitrogen and oxygen atoms in total. The lowest BCUT2D eigenvalue weighted by Crippen LogP contribution is -2.30. The minimum absolute atomic E-state index is 0.134. The molecule has 0 unspecified atom stereocenters. The van der Waals surface area contributed by atoms with Gasteiger partial charge < -0.3 is 5.32 Å². The van der Waals surface area contributed by atoms with Crippen molar-refractivity contribution in [3.63, 3.8) is 0 Å². The van der Waals surface area contributed by atoms with Gasteiger partial charge in [0.2, 0.25) is 5.91 Å². The Bertz CT molecular complexity index is 369. The van der Waals surface area contributed by atoms with E-state index in [1.54, 1.807) is 0 Å². The number of carbonyl (C=O) groups is 1. The quantitative estimate of drug-likeness (QED) is 0.719. The third-order valence-electron chi connectivity index (χ3n) is 2.72. The molecule has 0 spiro atoms. The van der Waals surface area contributed by atoms with Crippen molar-refractivity contribution >= 4 is 5.91 Å². The van der Waals surface area contributed by atoms with Gasteiger partial charge in [-0.25, -0.2) is 0 Å². The van der Waals surface area contributed by atoms with Crippen LogP contribution in [-0.4, -0.2) is 5.91 Å². The maximum absolute atomic E-state index is 11.1. The summed E-state index contributed by atoms with van der Waals surface area (Å²) in [5.74, 6) is 0.688. The van der Waals surface area contributed by atoms with Crippen molar-refractivity contribution in [2.75, 3.05) is 0 Å². The van der Waals surface area contributed by atoms with Gasteiger partial charge in [-0.3, -0.25) is 4.79 Å². The summed E-state index contributed by atoms with van der Waals surface area (Å²) in [6, 6.07) is 6.42. The molecule has 1 aromatic rings. The predicted octanol–water partition coefficient (Wildman–Crippen LogP) is 1.98. The first-order valence-electron chi connectivity index (χ1n) is 5.05. The molecule has 0 fully saturated rings. The topological polar surface area (TPSA) is 29.1 Å². The minimum atomic E-state index is 0.134. The second-order valence-corrected chi connectivity index (χ2v) is 4.14. The molecule has 14 heavy (non-hydrogen) atoms. The van der Waals surface area contributed by atoms with Crippen LogP contribution < -0.4 is 5.32 Å². The van der Waals surface area contributed by atoms with Gasteiger partial charge in [0, 0.05) is 6.54 Å². The molecule has 1 aliphatic heterocycles. The van der Waals surface area contributed by atoms with Crippen molar-refractivity contribution in [1.82, 2.24) is 5.32 Å². The van der Waals surface area contributed by atoms with Crippen LogP contribution in [0.5, 0.6) is 0 Å². The Morgan fingerprint density at radius 3 is 2.79 bits per heavy atom. The van der Waals surface area contributed by atoms with Gasteiger partial charge in [0.05, 0.1) is 6.42 Å². The second kappa shape index (κ2) is 3.45. The number of carbonyl (C=O) groups excluding carboxylic acids is 1. The first kappa shape index (κ1) is 9.25. The molecule has 0 atom stereocenters. The Morgan fingerprint density at radius 2 is 2.07 bits per heavy atom. The van der Waals surface area contributed by atoms with Gasteiger partial charge in [-0.1, -0.05) is 32.0 Å². The van der Waals surface area contributed by atoms with Crippen molar-refractivity contribution in [2.45, 2.75) is 32.7 Å². The Morgan fingerprint density at radius 1 is 1.29 bits per heavy atom. The maximum Gasteiger partial charge on any atom is 0.224 e. The summed E-state index contributed by atoms with van der Waals surface area (Å²) in [4.78, 5) is 11.1. The molecule has 2 rings (SSSR count). The molecular weight excluding hydrogens is 174 g/mol. The Hall–Kier alpha value is -1.31. The van der Waals surface area contributed by atoms with Crippen LogP contribution in [0.2, 0.25) is 0 Å². The highest BCUT2D eigenvalue weighted by Gasteiger charge is 2.14. The first-order valence-corrected chi connectivity index (χ1v) is 5.05. The van der Waals surface area contributed by atoms with Crippen molar-refractivity contribution in [1.29, 1.82) is 0 Å². The summed E-state index contributed by atoms with van der Waals surface area (Å²) in [7, 11) is 0. The van der Waals surface area contributed by atoms with E-state index >= 15 is 0 Å². The predicted molar refractivity (Wildman–Crippen MR) is 56.1 cm³/mol. The lowest BCUT2D eigenvalue weighted by Gasteiger charge is -2.18. The van der Waals surface area contributed by atoms with E-state index in [0.29, 0.717) is 18.9 Å². The van der Waals surface area contributed by atoms with Crippen LogP contribution in [0.15, 0.2) is 18.2 Å². The first-order chi connectivity index (χ1) is 6.66. The van der Waals surface area contributed by atoms with Gasteiger partial charge in [-0.15, -0.1) is 0 Å². The highest BCUT2D eigenvalue weighted by Crippen LogP contribution is 2.21. The summed E-state index contributed by atoms with van der Waals surface area (Å²) < 4.78 is 0. The van der Waals surface area contributed by atoms with E-state index in [2.05, 4.69) is 37.4 Å². The van der Waals surface area contributed by atoms with Gasteiger partial charge in [-0.2, -0.15) is 0 Å². The molecule has 1 amide bonds. The maximum atomic E-state index is 11.1. The number of benzene rings is 1. The SMILES string of the molecule is CC(C)c1ccc2c(c1)CNC(=O)C2. The van der Waals surface area contributed by atoms with E-state index in [9.17, 15) is 4.79 Å². The summed E-state index contributed by atoms with van der Waals surface area (Å²) in [5.41, 5.74) is 3.80.